The van der Waals surface area contributed by atoms with E-state index in [1.54, 1.807) is 11.2 Å². The molecule has 3 aromatic rings. The summed E-state index contributed by atoms with van der Waals surface area (Å²) >= 11 is 0. The summed E-state index contributed by atoms with van der Waals surface area (Å²) in [7, 11) is 0. The SMILES string of the molecule is Nc1cccc2cc(C(=O)N3CCn4cnnc4C3)[nH]c12. The molecule has 1 aliphatic rings. The van der Waals surface area contributed by atoms with Gasteiger partial charge >= 0.3 is 0 Å². The molecule has 0 aliphatic carbocycles. The number of H-pyrrole nitrogens is 1. The van der Waals surface area contributed by atoms with Crippen molar-refractivity contribution in [3.8, 4) is 0 Å². The van der Waals surface area contributed by atoms with Crippen molar-refractivity contribution < 1.29 is 4.79 Å². The maximum absolute atomic E-state index is 12.6. The molecule has 1 amide bonds. The Hall–Kier alpha value is -2.83. The van der Waals surface area contributed by atoms with Gasteiger partial charge in [0.05, 0.1) is 17.7 Å². The van der Waals surface area contributed by atoms with Crippen molar-refractivity contribution in [2.75, 3.05) is 12.3 Å². The van der Waals surface area contributed by atoms with Gasteiger partial charge in [-0.05, 0) is 12.1 Å². The second-order valence-electron chi connectivity index (χ2n) is 5.16. The monoisotopic (exact) mass is 282 g/mol. The summed E-state index contributed by atoms with van der Waals surface area (Å²) in [5.41, 5.74) is 7.92. The van der Waals surface area contributed by atoms with Crippen LogP contribution in [0.25, 0.3) is 10.9 Å². The van der Waals surface area contributed by atoms with Gasteiger partial charge in [-0.3, -0.25) is 4.79 Å². The lowest BCUT2D eigenvalue weighted by Gasteiger charge is -2.26. The molecule has 3 N–H and O–H groups in total. The highest BCUT2D eigenvalue weighted by Crippen LogP contribution is 2.22. The first-order valence-electron chi connectivity index (χ1n) is 6.75. The van der Waals surface area contributed by atoms with E-state index in [1.165, 1.54) is 0 Å². The quantitative estimate of drug-likeness (QED) is 0.651. The molecule has 1 aliphatic heterocycles. The van der Waals surface area contributed by atoms with Crippen LogP contribution in [0, 0.1) is 0 Å². The van der Waals surface area contributed by atoms with E-state index in [9.17, 15) is 4.79 Å². The smallest absolute Gasteiger partial charge is 0.270 e. The Morgan fingerprint density at radius 3 is 3.10 bits per heavy atom. The van der Waals surface area contributed by atoms with Crippen LogP contribution in [0.4, 0.5) is 5.69 Å². The van der Waals surface area contributed by atoms with Gasteiger partial charge in [0.15, 0.2) is 5.82 Å². The number of nitrogens with one attached hydrogen (secondary N) is 1. The number of amides is 1. The van der Waals surface area contributed by atoms with Gasteiger partial charge in [-0.25, -0.2) is 0 Å². The second kappa shape index (κ2) is 4.34. The molecule has 3 heterocycles. The fourth-order valence-electron chi connectivity index (χ4n) is 2.70. The van der Waals surface area contributed by atoms with E-state index in [-0.39, 0.29) is 5.91 Å². The minimum absolute atomic E-state index is 0.0418. The van der Waals surface area contributed by atoms with Crippen LogP contribution >= 0.6 is 0 Å². The Labute approximate surface area is 120 Å². The number of nitrogen functional groups attached to an aromatic ring is 1. The first-order valence-corrected chi connectivity index (χ1v) is 6.75. The van der Waals surface area contributed by atoms with Crippen LogP contribution in [0.1, 0.15) is 16.3 Å². The third-order valence-electron chi connectivity index (χ3n) is 3.84. The lowest BCUT2D eigenvalue weighted by molar-refractivity contribution is 0.0702. The molecule has 0 radical (unpaired) electrons. The molecule has 0 fully saturated rings. The van der Waals surface area contributed by atoms with Crippen LogP contribution in [0.3, 0.4) is 0 Å². The van der Waals surface area contributed by atoms with Crippen molar-refractivity contribution in [3.63, 3.8) is 0 Å². The van der Waals surface area contributed by atoms with Crippen molar-refractivity contribution in [2.24, 2.45) is 0 Å². The number of benzene rings is 1. The number of aromatic nitrogens is 4. The number of nitrogens with two attached hydrogens (primary N) is 1. The highest BCUT2D eigenvalue weighted by Gasteiger charge is 2.24. The van der Waals surface area contributed by atoms with Gasteiger partial charge in [-0.15, -0.1) is 10.2 Å². The number of fused-ring (bicyclic) bond motifs is 2. The van der Waals surface area contributed by atoms with E-state index < -0.39 is 0 Å². The van der Waals surface area contributed by atoms with E-state index in [1.807, 2.05) is 28.8 Å². The molecule has 0 atom stereocenters. The molecule has 0 unspecified atom stereocenters. The number of anilines is 1. The maximum Gasteiger partial charge on any atom is 0.270 e. The molecule has 0 saturated carbocycles. The molecule has 106 valence electrons. The highest BCUT2D eigenvalue weighted by atomic mass is 16.2. The Kier molecular flexibility index (Phi) is 2.47. The number of nitrogens with zero attached hydrogens (tertiary/aromatic N) is 4. The molecule has 0 saturated heterocycles. The molecule has 7 nitrogen and oxygen atoms in total. The van der Waals surface area contributed by atoms with E-state index in [2.05, 4.69) is 15.2 Å². The molecule has 2 aromatic heterocycles. The summed E-state index contributed by atoms with van der Waals surface area (Å²) in [5, 5.41) is 8.84. The third kappa shape index (κ3) is 1.85. The fraction of sp³-hybridized carbons (Fsp3) is 0.214. The van der Waals surface area contributed by atoms with Gasteiger partial charge in [0.1, 0.15) is 12.0 Å². The van der Waals surface area contributed by atoms with Crippen LogP contribution in [-0.2, 0) is 13.1 Å². The number of carbonyl (C=O) groups excluding carboxylic acids is 1. The number of carbonyl (C=O) groups is 1. The van der Waals surface area contributed by atoms with Crippen molar-refractivity contribution in [1.82, 2.24) is 24.6 Å². The largest absolute Gasteiger partial charge is 0.397 e. The topological polar surface area (TPSA) is 92.8 Å². The summed E-state index contributed by atoms with van der Waals surface area (Å²) in [4.78, 5) is 17.5. The van der Waals surface area contributed by atoms with Crippen LogP contribution in [0.2, 0.25) is 0 Å². The summed E-state index contributed by atoms with van der Waals surface area (Å²) in [6, 6.07) is 7.47. The van der Waals surface area contributed by atoms with Crippen molar-refractivity contribution in [1.29, 1.82) is 0 Å². The number of hydrogen-bond acceptors (Lipinski definition) is 4. The van der Waals surface area contributed by atoms with Gasteiger partial charge in [-0.1, -0.05) is 12.1 Å². The number of hydrogen-bond donors (Lipinski definition) is 2. The lowest BCUT2D eigenvalue weighted by Crippen LogP contribution is -2.38. The molecule has 21 heavy (non-hydrogen) atoms. The average Bonchev–Trinajstić information content (AvgIpc) is 3.12. The fourth-order valence-corrected chi connectivity index (χ4v) is 2.70. The predicted octanol–water partition coefficient (Wildman–Crippen LogP) is 0.998. The predicted molar refractivity (Wildman–Crippen MR) is 77.5 cm³/mol. The average molecular weight is 282 g/mol. The zero-order valence-electron chi connectivity index (χ0n) is 11.3. The first kappa shape index (κ1) is 12.0. The first-order chi connectivity index (χ1) is 10.2. The van der Waals surface area contributed by atoms with Crippen molar-refractivity contribution in [2.45, 2.75) is 13.1 Å². The van der Waals surface area contributed by atoms with E-state index in [0.717, 1.165) is 23.3 Å². The molecule has 7 heteroatoms. The lowest BCUT2D eigenvalue weighted by atomic mass is 10.2. The molecule has 1 aromatic carbocycles. The number of aromatic amines is 1. The highest BCUT2D eigenvalue weighted by molar-refractivity contribution is 6.00. The summed E-state index contributed by atoms with van der Waals surface area (Å²) in [5.74, 6) is 0.769. The second-order valence-corrected chi connectivity index (χ2v) is 5.16. The van der Waals surface area contributed by atoms with Gasteiger partial charge in [0.25, 0.3) is 5.91 Å². The third-order valence-corrected chi connectivity index (χ3v) is 3.84. The molecule has 4 rings (SSSR count). The molecular formula is C14H14N6O. The van der Waals surface area contributed by atoms with E-state index >= 15 is 0 Å². The van der Waals surface area contributed by atoms with Crippen molar-refractivity contribution >= 4 is 22.5 Å². The Morgan fingerprint density at radius 2 is 2.24 bits per heavy atom. The summed E-state index contributed by atoms with van der Waals surface area (Å²) in [6.07, 6.45) is 1.70. The number of para-hydroxylation sites is 1. The van der Waals surface area contributed by atoms with Gasteiger partial charge < -0.3 is 20.2 Å². The molecular weight excluding hydrogens is 268 g/mol. The standard InChI is InChI=1S/C14H14N6O/c15-10-3-1-2-9-6-11(17-13(9)10)14(21)19-4-5-20-8-16-18-12(20)7-19/h1-3,6,8,17H,4-5,7,15H2. The van der Waals surface area contributed by atoms with Gasteiger partial charge in [0.2, 0.25) is 0 Å². The summed E-state index contributed by atoms with van der Waals surface area (Å²) in [6.45, 7) is 1.84. The zero-order valence-corrected chi connectivity index (χ0v) is 11.3. The Morgan fingerprint density at radius 1 is 1.33 bits per heavy atom. The zero-order chi connectivity index (χ0) is 14.4. The minimum Gasteiger partial charge on any atom is -0.397 e. The van der Waals surface area contributed by atoms with Gasteiger partial charge in [-0.2, -0.15) is 0 Å². The van der Waals surface area contributed by atoms with Crippen LogP contribution < -0.4 is 5.73 Å². The van der Waals surface area contributed by atoms with Crippen LogP contribution in [-0.4, -0.2) is 37.1 Å². The van der Waals surface area contributed by atoms with Gasteiger partial charge in [0, 0.05) is 18.5 Å². The molecule has 0 spiro atoms. The summed E-state index contributed by atoms with van der Waals surface area (Å²) < 4.78 is 1.97. The van der Waals surface area contributed by atoms with E-state index in [4.69, 9.17) is 5.73 Å². The maximum atomic E-state index is 12.6. The molecule has 0 bridgehead atoms. The normalized spacial score (nSPS) is 14.4. The van der Waals surface area contributed by atoms with E-state index in [0.29, 0.717) is 24.5 Å². The van der Waals surface area contributed by atoms with Crippen molar-refractivity contribution in [3.05, 3.63) is 42.1 Å². The number of rotatable bonds is 1. The Balaban J connectivity index is 1.66. The van der Waals surface area contributed by atoms with Crippen LogP contribution in [0.15, 0.2) is 30.6 Å². The minimum atomic E-state index is -0.0418. The Bertz CT molecular complexity index is 833. The van der Waals surface area contributed by atoms with Crippen LogP contribution in [0.5, 0.6) is 0 Å².